The summed E-state index contributed by atoms with van der Waals surface area (Å²) in [6, 6.07) is 10.2. The molecule has 2 aromatic heterocycles. The zero-order valence-electron chi connectivity index (χ0n) is 10.9. The second-order valence-electron chi connectivity index (χ2n) is 4.45. The van der Waals surface area contributed by atoms with E-state index in [0.717, 1.165) is 34.5 Å². The molecule has 3 aromatic rings. The number of fused-ring (bicyclic) bond motifs is 1. The molecule has 0 aliphatic rings. The molecule has 0 amide bonds. The van der Waals surface area contributed by atoms with Crippen molar-refractivity contribution in [3.8, 4) is 11.4 Å². The van der Waals surface area contributed by atoms with Gasteiger partial charge in [0.25, 0.3) is 0 Å². The number of hydrogen-bond acceptors (Lipinski definition) is 3. The molecule has 19 heavy (non-hydrogen) atoms. The molecule has 0 unspecified atom stereocenters. The lowest BCUT2D eigenvalue weighted by atomic mass is 10.1. The molecule has 0 saturated carbocycles. The van der Waals surface area contributed by atoms with Crippen LogP contribution in [0, 0.1) is 0 Å². The number of nitrogens with two attached hydrogens (primary N) is 1. The van der Waals surface area contributed by atoms with E-state index in [2.05, 4.69) is 33.6 Å². The van der Waals surface area contributed by atoms with Crippen LogP contribution in [0.3, 0.4) is 0 Å². The van der Waals surface area contributed by atoms with Gasteiger partial charge in [-0.15, -0.1) is 0 Å². The van der Waals surface area contributed by atoms with Crippen molar-refractivity contribution in [2.75, 3.05) is 0 Å². The van der Waals surface area contributed by atoms with E-state index in [0.29, 0.717) is 6.54 Å². The molecule has 4 heteroatoms. The number of aromatic nitrogens is 3. The molecule has 0 atom stereocenters. The Morgan fingerprint density at radius 1 is 1.26 bits per heavy atom. The summed E-state index contributed by atoms with van der Waals surface area (Å²) in [6.07, 6.45) is 3.61. The van der Waals surface area contributed by atoms with E-state index in [1.54, 1.807) is 12.4 Å². The number of pyridine rings is 1. The molecule has 0 radical (unpaired) electrons. The molecule has 0 fully saturated rings. The minimum Gasteiger partial charge on any atom is -0.326 e. The summed E-state index contributed by atoms with van der Waals surface area (Å²) in [5.41, 5.74) is 9.96. The molecule has 2 heterocycles. The number of benzene rings is 1. The van der Waals surface area contributed by atoms with Crippen molar-refractivity contribution in [3.63, 3.8) is 0 Å². The second kappa shape index (κ2) is 4.82. The number of imidazole rings is 1. The van der Waals surface area contributed by atoms with Gasteiger partial charge < -0.3 is 10.3 Å². The van der Waals surface area contributed by atoms with E-state index >= 15 is 0 Å². The molecule has 0 bridgehead atoms. The predicted octanol–water partition coefficient (Wildman–Crippen LogP) is 2.58. The molecular weight excluding hydrogens is 236 g/mol. The van der Waals surface area contributed by atoms with E-state index < -0.39 is 0 Å². The Hall–Kier alpha value is -2.20. The molecule has 2 N–H and O–H groups in total. The lowest BCUT2D eigenvalue weighted by molar-refractivity contribution is 0.796. The maximum Gasteiger partial charge on any atom is 0.141 e. The molecule has 0 aliphatic heterocycles. The molecular formula is C15H16N4. The Kier molecular flexibility index (Phi) is 3.01. The summed E-state index contributed by atoms with van der Waals surface area (Å²) in [5, 5.41) is 0. The third kappa shape index (κ3) is 2.00. The third-order valence-electron chi connectivity index (χ3n) is 3.29. The van der Waals surface area contributed by atoms with Gasteiger partial charge >= 0.3 is 0 Å². The Labute approximate surface area is 111 Å². The van der Waals surface area contributed by atoms with Crippen LogP contribution in [0.25, 0.3) is 22.4 Å². The normalized spacial score (nSPS) is 11.1. The minimum absolute atomic E-state index is 0.543. The van der Waals surface area contributed by atoms with Crippen LogP contribution in [0.5, 0.6) is 0 Å². The van der Waals surface area contributed by atoms with Crippen molar-refractivity contribution in [2.24, 2.45) is 5.73 Å². The lowest BCUT2D eigenvalue weighted by Crippen LogP contribution is -1.99. The summed E-state index contributed by atoms with van der Waals surface area (Å²) in [5.74, 6) is 0.973. The van der Waals surface area contributed by atoms with Crippen LogP contribution < -0.4 is 5.73 Å². The van der Waals surface area contributed by atoms with Gasteiger partial charge in [0.05, 0.1) is 11.7 Å². The van der Waals surface area contributed by atoms with Crippen LogP contribution in [0.4, 0.5) is 0 Å². The number of nitrogens with zero attached hydrogens (tertiary/aromatic N) is 3. The average Bonchev–Trinajstić information content (AvgIpc) is 2.86. The topological polar surface area (TPSA) is 56.7 Å². The van der Waals surface area contributed by atoms with Gasteiger partial charge in [-0.2, -0.15) is 0 Å². The van der Waals surface area contributed by atoms with E-state index in [1.807, 2.05) is 18.2 Å². The van der Waals surface area contributed by atoms with Gasteiger partial charge in [-0.1, -0.05) is 18.2 Å². The highest BCUT2D eigenvalue weighted by molar-refractivity contribution is 5.79. The molecule has 4 nitrogen and oxygen atoms in total. The first-order valence-corrected chi connectivity index (χ1v) is 6.43. The smallest absolute Gasteiger partial charge is 0.141 e. The van der Waals surface area contributed by atoms with Crippen molar-refractivity contribution in [3.05, 3.63) is 48.3 Å². The molecule has 96 valence electrons. The van der Waals surface area contributed by atoms with Gasteiger partial charge in [-0.05, 0) is 24.6 Å². The van der Waals surface area contributed by atoms with Crippen LogP contribution in [0.15, 0.2) is 42.7 Å². The van der Waals surface area contributed by atoms with Crippen LogP contribution in [-0.4, -0.2) is 14.5 Å². The number of aryl methyl sites for hydroxylation is 1. The van der Waals surface area contributed by atoms with Crippen LogP contribution in [-0.2, 0) is 13.1 Å². The van der Waals surface area contributed by atoms with E-state index in [-0.39, 0.29) is 0 Å². The quantitative estimate of drug-likeness (QED) is 0.779. The van der Waals surface area contributed by atoms with Crippen molar-refractivity contribution >= 4 is 11.0 Å². The molecule has 0 spiro atoms. The van der Waals surface area contributed by atoms with Gasteiger partial charge in [0, 0.05) is 24.8 Å². The van der Waals surface area contributed by atoms with Crippen LogP contribution in [0.2, 0.25) is 0 Å². The van der Waals surface area contributed by atoms with Crippen molar-refractivity contribution in [1.82, 2.24) is 14.5 Å². The zero-order valence-corrected chi connectivity index (χ0v) is 10.9. The summed E-state index contributed by atoms with van der Waals surface area (Å²) < 4.78 is 2.20. The average molecular weight is 252 g/mol. The first-order chi connectivity index (χ1) is 9.33. The summed E-state index contributed by atoms with van der Waals surface area (Å²) in [7, 11) is 0. The van der Waals surface area contributed by atoms with Gasteiger partial charge in [-0.3, -0.25) is 4.98 Å². The Morgan fingerprint density at radius 3 is 2.95 bits per heavy atom. The Bertz CT molecular complexity index is 715. The summed E-state index contributed by atoms with van der Waals surface area (Å²) in [6.45, 7) is 3.54. The highest BCUT2D eigenvalue weighted by Crippen LogP contribution is 2.24. The van der Waals surface area contributed by atoms with Gasteiger partial charge in [0.1, 0.15) is 11.3 Å². The molecule has 3 rings (SSSR count). The molecule has 0 aliphatic carbocycles. The Morgan fingerprint density at radius 2 is 2.16 bits per heavy atom. The minimum atomic E-state index is 0.543. The van der Waals surface area contributed by atoms with Crippen LogP contribution >= 0.6 is 0 Å². The van der Waals surface area contributed by atoms with Gasteiger partial charge in [0.2, 0.25) is 0 Å². The monoisotopic (exact) mass is 252 g/mol. The first kappa shape index (κ1) is 11.9. The fraction of sp³-hybridized carbons (Fsp3) is 0.200. The second-order valence-corrected chi connectivity index (χ2v) is 4.45. The first-order valence-electron chi connectivity index (χ1n) is 6.43. The van der Waals surface area contributed by atoms with Gasteiger partial charge in [0.15, 0.2) is 0 Å². The predicted molar refractivity (Wildman–Crippen MR) is 76.5 cm³/mol. The Balaban J connectivity index is 2.23. The van der Waals surface area contributed by atoms with E-state index in [4.69, 9.17) is 5.73 Å². The van der Waals surface area contributed by atoms with Crippen LogP contribution in [0.1, 0.15) is 12.5 Å². The van der Waals surface area contributed by atoms with Crippen molar-refractivity contribution in [2.45, 2.75) is 20.0 Å². The SMILES string of the molecule is CCn1c(-c2cccc(CN)c2)nc2cnccc21. The van der Waals surface area contributed by atoms with E-state index in [9.17, 15) is 0 Å². The maximum atomic E-state index is 5.71. The van der Waals surface area contributed by atoms with Crippen molar-refractivity contribution in [1.29, 1.82) is 0 Å². The highest BCUT2D eigenvalue weighted by atomic mass is 15.1. The fourth-order valence-corrected chi connectivity index (χ4v) is 2.36. The van der Waals surface area contributed by atoms with E-state index in [1.165, 1.54) is 0 Å². The molecule has 0 saturated heterocycles. The molecule has 1 aromatic carbocycles. The van der Waals surface area contributed by atoms with Crippen molar-refractivity contribution < 1.29 is 0 Å². The largest absolute Gasteiger partial charge is 0.326 e. The maximum absolute atomic E-state index is 5.71. The van der Waals surface area contributed by atoms with Gasteiger partial charge in [-0.25, -0.2) is 4.98 Å². The number of rotatable bonds is 3. The lowest BCUT2D eigenvalue weighted by Gasteiger charge is -2.07. The highest BCUT2D eigenvalue weighted by Gasteiger charge is 2.11. The third-order valence-corrected chi connectivity index (χ3v) is 3.29. The fourth-order valence-electron chi connectivity index (χ4n) is 2.36. The number of hydrogen-bond donors (Lipinski definition) is 1. The summed E-state index contributed by atoms with van der Waals surface area (Å²) in [4.78, 5) is 8.82. The standard InChI is InChI=1S/C15H16N4/c1-2-19-14-6-7-17-10-13(14)18-15(19)12-5-3-4-11(8-12)9-16/h3-8,10H,2,9,16H2,1H3. The zero-order chi connectivity index (χ0) is 13.2. The summed E-state index contributed by atoms with van der Waals surface area (Å²) >= 11 is 0.